The number of carbonyl (C=O) groups excluding carboxylic acids is 1. The molecule has 0 aliphatic carbocycles. The van der Waals surface area contributed by atoms with Gasteiger partial charge in [0.15, 0.2) is 0 Å². The van der Waals surface area contributed by atoms with Gasteiger partial charge >= 0.3 is 5.97 Å². The minimum Gasteiger partial charge on any atom is -0.463 e. The molecule has 0 bridgehead atoms. The van der Waals surface area contributed by atoms with Gasteiger partial charge in [0, 0.05) is 18.3 Å². The van der Waals surface area contributed by atoms with Gasteiger partial charge in [-0.3, -0.25) is 4.68 Å². The molecule has 0 N–H and O–H groups in total. The van der Waals surface area contributed by atoms with Gasteiger partial charge in [-0.05, 0) is 32.9 Å². The Morgan fingerprint density at radius 1 is 1.67 bits per heavy atom. The Labute approximate surface area is 89.5 Å². The summed E-state index contributed by atoms with van der Waals surface area (Å²) in [7, 11) is 0. The lowest BCUT2D eigenvalue weighted by molar-refractivity contribution is -0.137. The fraction of sp³-hybridized carbons (Fsp3) is 0.455. The van der Waals surface area contributed by atoms with Gasteiger partial charge in [-0.25, -0.2) is 4.79 Å². The van der Waals surface area contributed by atoms with Crippen LogP contribution >= 0.6 is 0 Å². The van der Waals surface area contributed by atoms with Crippen LogP contribution in [0, 0.1) is 0 Å². The first-order valence-electron chi connectivity index (χ1n) is 5.03. The van der Waals surface area contributed by atoms with Gasteiger partial charge < -0.3 is 4.74 Å². The maximum atomic E-state index is 11.1. The zero-order valence-electron chi connectivity index (χ0n) is 9.30. The summed E-state index contributed by atoms with van der Waals surface area (Å²) in [4.78, 5) is 11.1. The van der Waals surface area contributed by atoms with Crippen molar-refractivity contribution in [2.24, 2.45) is 0 Å². The van der Waals surface area contributed by atoms with E-state index in [1.807, 2.05) is 24.6 Å². The number of rotatable bonds is 4. The molecular weight excluding hydrogens is 192 g/mol. The quantitative estimate of drug-likeness (QED) is 0.561. The summed E-state index contributed by atoms with van der Waals surface area (Å²) < 4.78 is 6.63. The zero-order valence-corrected chi connectivity index (χ0v) is 9.30. The lowest BCUT2D eigenvalue weighted by atomic mass is 10.3. The SMILES string of the molecule is CCOC(=O)/C=C/c1ccnn1C(C)C. The van der Waals surface area contributed by atoms with Crippen molar-refractivity contribution in [3.8, 4) is 0 Å². The van der Waals surface area contributed by atoms with Gasteiger partial charge in [0.05, 0.1) is 12.3 Å². The van der Waals surface area contributed by atoms with Crippen LogP contribution in [0.3, 0.4) is 0 Å². The Hall–Kier alpha value is -1.58. The van der Waals surface area contributed by atoms with Crippen LogP contribution < -0.4 is 0 Å². The van der Waals surface area contributed by atoms with Crippen LogP contribution in [0.25, 0.3) is 6.08 Å². The van der Waals surface area contributed by atoms with E-state index in [1.54, 1.807) is 19.2 Å². The van der Waals surface area contributed by atoms with Crippen LogP contribution in [0.15, 0.2) is 18.3 Å². The van der Waals surface area contributed by atoms with Crippen molar-refractivity contribution in [1.82, 2.24) is 9.78 Å². The Bertz CT molecular complexity index is 353. The zero-order chi connectivity index (χ0) is 11.3. The highest BCUT2D eigenvalue weighted by atomic mass is 16.5. The molecule has 4 nitrogen and oxygen atoms in total. The van der Waals surface area contributed by atoms with E-state index in [0.29, 0.717) is 6.61 Å². The monoisotopic (exact) mass is 208 g/mol. The Morgan fingerprint density at radius 3 is 3.00 bits per heavy atom. The Balaban J connectivity index is 2.71. The first-order chi connectivity index (χ1) is 7.15. The molecule has 0 radical (unpaired) electrons. The molecule has 0 aliphatic rings. The van der Waals surface area contributed by atoms with Gasteiger partial charge in [0.25, 0.3) is 0 Å². The highest BCUT2D eigenvalue weighted by molar-refractivity contribution is 5.86. The molecule has 4 heteroatoms. The molecule has 1 rings (SSSR count). The third-order valence-corrected chi connectivity index (χ3v) is 1.87. The van der Waals surface area contributed by atoms with E-state index in [-0.39, 0.29) is 12.0 Å². The second-order valence-electron chi connectivity index (χ2n) is 3.38. The topological polar surface area (TPSA) is 44.1 Å². The lowest BCUT2D eigenvalue weighted by Gasteiger charge is -2.07. The van der Waals surface area contributed by atoms with Crippen LogP contribution in [-0.2, 0) is 9.53 Å². The third kappa shape index (κ3) is 3.23. The largest absolute Gasteiger partial charge is 0.463 e. The number of esters is 1. The minimum absolute atomic E-state index is 0.279. The smallest absolute Gasteiger partial charge is 0.330 e. The molecule has 0 fully saturated rings. The summed E-state index contributed by atoms with van der Waals surface area (Å²) in [5.74, 6) is -0.325. The van der Waals surface area contributed by atoms with Crippen molar-refractivity contribution in [3.63, 3.8) is 0 Å². The summed E-state index contributed by atoms with van der Waals surface area (Å²) in [6.45, 7) is 6.25. The summed E-state index contributed by atoms with van der Waals surface area (Å²) in [6.07, 6.45) is 4.84. The molecule has 0 unspecified atom stereocenters. The molecule has 0 saturated heterocycles. The van der Waals surface area contributed by atoms with E-state index >= 15 is 0 Å². The Morgan fingerprint density at radius 2 is 2.40 bits per heavy atom. The maximum Gasteiger partial charge on any atom is 0.330 e. The summed E-state index contributed by atoms with van der Waals surface area (Å²) in [5, 5.41) is 4.15. The number of ether oxygens (including phenoxy) is 1. The van der Waals surface area contributed by atoms with Crippen LogP contribution in [0.4, 0.5) is 0 Å². The van der Waals surface area contributed by atoms with Crippen molar-refractivity contribution in [3.05, 3.63) is 24.0 Å². The predicted molar refractivity (Wildman–Crippen MR) is 58.3 cm³/mol. The van der Waals surface area contributed by atoms with Crippen LogP contribution in [-0.4, -0.2) is 22.4 Å². The van der Waals surface area contributed by atoms with Crippen LogP contribution in [0.1, 0.15) is 32.5 Å². The molecule has 0 aliphatic heterocycles. The normalized spacial score (nSPS) is 11.2. The minimum atomic E-state index is -0.325. The number of nitrogens with zero attached hydrogens (tertiary/aromatic N) is 2. The number of hydrogen-bond acceptors (Lipinski definition) is 3. The fourth-order valence-corrected chi connectivity index (χ4v) is 1.23. The van der Waals surface area contributed by atoms with Gasteiger partial charge in [-0.1, -0.05) is 0 Å². The standard InChI is InChI=1S/C11H16N2O2/c1-4-15-11(14)6-5-10-7-8-12-13(10)9(2)3/h5-9H,4H2,1-3H3/b6-5+. The second kappa shape index (κ2) is 5.34. The molecule has 1 heterocycles. The first-order valence-corrected chi connectivity index (χ1v) is 5.03. The average molecular weight is 208 g/mol. The molecule has 0 atom stereocenters. The van der Waals surface area contributed by atoms with Gasteiger partial charge in [-0.2, -0.15) is 5.10 Å². The second-order valence-corrected chi connectivity index (χ2v) is 3.38. The van der Waals surface area contributed by atoms with Crippen molar-refractivity contribution in [2.45, 2.75) is 26.8 Å². The highest BCUT2D eigenvalue weighted by Gasteiger charge is 2.03. The van der Waals surface area contributed by atoms with Crippen molar-refractivity contribution in [2.75, 3.05) is 6.61 Å². The molecule has 0 aromatic carbocycles. The molecule has 1 aromatic heterocycles. The van der Waals surface area contributed by atoms with E-state index < -0.39 is 0 Å². The number of aromatic nitrogens is 2. The van der Waals surface area contributed by atoms with Gasteiger partial charge in [0.2, 0.25) is 0 Å². The van der Waals surface area contributed by atoms with E-state index in [1.165, 1.54) is 6.08 Å². The molecular formula is C11H16N2O2. The average Bonchev–Trinajstić information content (AvgIpc) is 2.63. The van der Waals surface area contributed by atoms with Crippen molar-refractivity contribution in [1.29, 1.82) is 0 Å². The molecule has 0 spiro atoms. The van der Waals surface area contributed by atoms with E-state index in [0.717, 1.165) is 5.69 Å². The molecule has 15 heavy (non-hydrogen) atoms. The molecule has 0 saturated carbocycles. The van der Waals surface area contributed by atoms with E-state index in [9.17, 15) is 4.79 Å². The number of hydrogen-bond donors (Lipinski definition) is 0. The summed E-state index contributed by atoms with van der Waals surface area (Å²) in [6, 6.07) is 2.14. The van der Waals surface area contributed by atoms with Crippen molar-refractivity contribution < 1.29 is 9.53 Å². The van der Waals surface area contributed by atoms with Gasteiger partial charge in [0.1, 0.15) is 0 Å². The first kappa shape index (κ1) is 11.5. The maximum absolute atomic E-state index is 11.1. The molecule has 0 amide bonds. The molecule has 1 aromatic rings. The van der Waals surface area contributed by atoms with E-state index in [2.05, 4.69) is 5.10 Å². The van der Waals surface area contributed by atoms with Crippen LogP contribution in [0.5, 0.6) is 0 Å². The summed E-state index contributed by atoms with van der Waals surface area (Å²) >= 11 is 0. The van der Waals surface area contributed by atoms with Gasteiger partial charge in [-0.15, -0.1) is 0 Å². The summed E-state index contributed by atoms with van der Waals surface area (Å²) in [5.41, 5.74) is 0.901. The highest BCUT2D eigenvalue weighted by Crippen LogP contribution is 2.09. The fourth-order valence-electron chi connectivity index (χ4n) is 1.23. The molecule has 82 valence electrons. The van der Waals surface area contributed by atoms with Crippen molar-refractivity contribution >= 4 is 12.0 Å². The van der Waals surface area contributed by atoms with E-state index in [4.69, 9.17) is 4.74 Å². The Kier molecular flexibility index (Phi) is 4.09. The predicted octanol–water partition coefficient (Wildman–Crippen LogP) is 2.04. The van der Waals surface area contributed by atoms with Crippen LogP contribution in [0.2, 0.25) is 0 Å². The number of carbonyl (C=O) groups is 1. The third-order valence-electron chi connectivity index (χ3n) is 1.87. The lowest BCUT2D eigenvalue weighted by Crippen LogP contribution is -2.05.